The number of hydrogen-bond donors (Lipinski definition) is 1. The first kappa shape index (κ1) is 15.5. The minimum atomic E-state index is -1.02. The molecule has 6 nitrogen and oxygen atoms in total. The van der Waals surface area contributed by atoms with Crippen LogP contribution in [0.3, 0.4) is 0 Å². The molecule has 3 rings (SSSR count). The molecule has 2 heterocycles. The van der Waals surface area contributed by atoms with Crippen LogP contribution in [0.25, 0.3) is 23.1 Å². The summed E-state index contributed by atoms with van der Waals surface area (Å²) >= 11 is 0. The minimum absolute atomic E-state index is 0.0924. The molecular formula is C18H13NO5. The second-order valence-corrected chi connectivity index (χ2v) is 4.94. The van der Waals surface area contributed by atoms with Crippen LogP contribution in [0.4, 0.5) is 0 Å². The normalized spacial score (nSPS) is 11.0. The number of furan rings is 1. The molecule has 0 saturated heterocycles. The molecule has 2 aromatic heterocycles. The molecule has 0 saturated carbocycles. The summed E-state index contributed by atoms with van der Waals surface area (Å²) in [4.78, 5) is 27.2. The fourth-order valence-corrected chi connectivity index (χ4v) is 2.28. The number of benzene rings is 1. The Bertz CT molecular complexity index is 955. The number of carbonyl (C=O) groups excluding carboxylic acids is 1. The lowest BCUT2D eigenvalue weighted by Gasteiger charge is -2.03. The number of rotatable bonds is 4. The molecule has 0 amide bonds. The van der Waals surface area contributed by atoms with E-state index in [1.165, 1.54) is 19.2 Å². The predicted octanol–water partition coefficient (Wildman–Crippen LogP) is 3.48. The Hall–Kier alpha value is -3.41. The van der Waals surface area contributed by atoms with Gasteiger partial charge in [-0.3, -0.25) is 0 Å². The molecule has 1 N–H and O–H groups in total. The van der Waals surface area contributed by atoms with E-state index in [1.54, 1.807) is 42.5 Å². The number of para-hydroxylation sites is 1. The van der Waals surface area contributed by atoms with Gasteiger partial charge in [-0.05, 0) is 36.4 Å². The van der Waals surface area contributed by atoms with E-state index in [2.05, 4.69) is 9.72 Å². The van der Waals surface area contributed by atoms with Crippen LogP contribution >= 0.6 is 0 Å². The van der Waals surface area contributed by atoms with Crippen molar-refractivity contribution >= 4 is 35.0 Å². The monoisotopic (exact) mass is 323 g/mol. The molecule has 0 aliphatic heterocycles. The smallest absolute Gasteiger partial charge is 0.373 e. The van der Waals surface area contributed by atoms with E-state index in [0.29, 0.717) is 22.4 Å². The van der Waals surface area contributed by atoms with Crippen molar-refractivity contribution < 1.29 is 23.8 Å². The third kappa shape index (κ3) is 3.03. The van der Waals surface area contributed by atoms with Crippen LogP contribution in [0.5, 0.6) is 0 Å². The minimum Gasteiger partial charge on any atom is -0.478 e. The lowest BCUT2D eigenvalue weighted by Crippen LogP contribution is -2.00. The molecule has 0 aliphatic carbocycles. The molecule has 120 valence electrons. The highest BCUT2D eigenvalue weighted by atomic mass is 16.5. The van der Waals surface area contributed by atoms with Crippen LogP contribution in [-0.2, 0) is 4.74 Å². The molecule has 0 atom stereocenters. The van der Waals surface area contributed by atoms with Crippen LogP contribution in [0.2, 0.25) is 0 Å². The van der Waals surface area contributed by atoms with Gasteiger partial charge in [-0.2, -0.15) is 0 Å². The summed E-state index contributed by atoms with van der Waals surface area (Å²) in [5.74, 6) is -1.06. The van der Waals surface area contributed by atoms with Gasteiger partial charge >= 0.3 is 11.9 Å². The van der Waals surface area contributed by atoms with Gasteiger partial charge in [0.25, 0.3) is 0 Å². The van der Waals surface area contributed by atoms with Gasteiger partial charge in [0.2, 0.25) is 5.76 Å². The Balaban J connectivity index is 1.96. The largest absolute Gasteiger partial charge is 0.478 e. The highest BCUT2D eigenvalue weighted by Gasteiger charge is 2.11. The number of methoxy groups -OCH3 is 1. The average Bonchev–Trinajstić information content (AvgIpc) is 3.07. The number of ether oxygens (including phenoxy) is 1. The molecule has 0 aliphatic rings. The molecule has 0 radical (unpaired) electrons. The number of nitrogens with zero attached hydrogens (tertiary/aromatic N) is 1. The summed E-state index contributed by atoms with van der Waals surface area (Å²) in [5, 5.41) is 9.94. The first-order chi connectivity index (χ1) is 11.6. The van der Waals surface area contributed by atoms with Crippen molar-refractivity contribution in [2.45, 2.75) is 0 Å². The maximum atomic E-state index is 11.4. The number of aromatic carboxylic acids is 1. The van der Waals surface area contributed by atoms with E-state index in [9.17, 15) is 14.7 Å². The Morgan fingerprint density at radius 3 is 2.71 bits per heavy atom. The van der Waals surface area contributed by atoms with Gasteiger partial charge in [0.05, 0.1) is 23.9 Å². The fourth-order valence-electron chi connectivity index (χ4n) is 2.28. The molecule has 3 aromatic rings. The quantitative estimate of drug-likeness (QED) is 0.739. The lowest BCUT2D eigenvalue weighted by molar-refractivity contribution is 0.0564. The van der Waals surface area contributed by atoms with Gasteiger partial charge < -0.3 is 14.3 Å². The van der Waals surface area contributed by atoms with E-state index in [1.807, 2.05) is 0 Å². The summed E-state index contributed by atoms with van der Waals surface area (Å²) in [6, 6.07) is 11.6. The number of carbonyl (C=O) groups is 2. The summed E-state index contributed by atoms with van der Waals surface area (Å²) < 4.78 is 9.89. The predicted molar refractivity (Wildman–Crippen MR) is 87.7 cm³/mol. The molecule has 0 fully saturated rings. The van der Waals surface area contributed by atoms with Crippen LogP contribution < -0.4 is 0 Å². The second kappa shape index (κ2) is 6.37. The highest BCUT2D eigenvalue weighted by Crippen LogP contribution is 2.20. The van der Waals surface area contributed by atoms with Crippen molar-refractivity contribution in [3.63, 3.8) is 0 Å². The third-order valence-corrected chi connectivity index (χ3v) is 3.40. The standard InChI is InChI=1S/C18H13NO5/c1-23-18(22)16-9-8-12(24-16)7-6-11-10-14(17(20)21)13-4-2-3-5-15(13)19-11/h2-10H,1H3,(H,20,21). The average molecular weight is 323 g/mol. The number of carboxylic acids is 1. The Morgan fingerprint density at radius 1 is 1.17 bits per heavy atom. The number of pyridine rings is 1. The van der Waals surface area contributed by atoms with Gasteiger partial charge in [-0.1, -0.05) is 18.2 Å². The van der Waals surface area contributed by atoms with Crippen LogP contribution in [0.15, 0.2) is 46.9 Å². The Labute approximate surface area is 137 Å². The van der Waals surface area contributed by atoms with E-state index in [0.717, 1.165) is 0 Å². The Morgan fingerprint density at radius 2 is 1.96 bits per heavy atom. The van der Waals surface area contributed by atoms with Crippen molar-refractivity contribution in [2.75, 3.05) is 7.11 Å². The molecule has 24 heavy (non-hydrogen) atoms. The number of fused-ring (bicyclic) bond motifs is 1. The van der Waals surface area contributed by atoms with Gasteiger partial charge in [0, 0.05) is 5.39 Å². The zero-order valence-corrected chi connectivity index (χ0v) is 12.7. The van der Waals surface area contributed by atoms with Crippen molar-refractivity contribution in [1.29, 1.82) is 0 Å². The first-order valence-electron chi connectivity index (χ1n) is 7.08. The van der Waals surface area contributed by atoms with Crippen molar-refractivity contribution in [2.24, 2.45) is 0 Å². The topological polar surface area (TPSA) is 89.6 Å². The van der Waals surface area contributed by atoms with Crippen molar-refractivity contribution in [3.8, 4) is 0 Å². The molecule has 6 heteroatoms. The summed E-state index contributed by atoms with van der Waals surface area (Å²) in [7, 11) is 1.27. The highest BCUT2D eigenvalue weighted by molar-refractivity contribution is 6.03. The summed E-state index contributed by atoms with van der Waals surface area (Å²) in [6.45, 7) is 0. The molecule has 1 aromatic carbocycles. The molecular weight excluding hydrogens is 310 g/mol. The summed E-state index contributed by atoms with van der Waals surface area (Å²) in [6.07, 6.45) is 3.23. The lowest BCUT2D eigenvalue weighted by atomic mass is 10.1. The number of aromatic nitrogens is 1. The van der Waals surface area contributed by atoms with Crippen molar-refractivity contribution in [3.05, 3.63) is 65.2 Å². The zero-order valence-electron chi connectivity index (χ0n) is 12.7. The third-order valence-electron chi connectivity index (χ3n) is 3.40. The van der Waals surface area contributed by atoms with Gasteiger partial charge in [0.1, 0.15) is 5.76 Å². The van der Waals surface area contributed by atoms with E-state index in [-0.39, 0.29) is 11.3 Å². The maximum Gasteiger partial charge on any atom is 0.373 e. The van der Waals surface area contributed by atoms with E-state index >= 15 is 0 Å². The van der Waals surface area contributed by atoms with Gasteiger partial charge in [-0.15, -0.1) is 0 Å². The van der Waals surface area contributed by atoms with Gasteiger partial charge in [-0.25, -0.2) is 14.6 Å². The molecule has 0 bridgehead atoms. The number of esters is 1. The van der Waals surface area contributed by atoms with E-state index in [4.69, 9.17) is 4.42 Å². The zero-order chi connectivity index (χ0) is 17.1. The van der Waals surface area contributed by atoms with Crippen LogP contribution in [0, 0.1) is 0 Å². The molecule has 0 unspecified atom stereocenters. The Kier molecular flexibility index (Phi) is 4.11. The number of hydrogen-bond acceptors (Lipinski definition) is 5. The number of carboxylic acid groups (broad SMARTS) is 1. The van der Waals surface area contributed by atoms with Crippen molar-refractivity contribution in [1.82, 2.24) is 4.98 Å². The fraction of sp³-hybridized carbons (Fsp3) is 0.0556. The SMILES string of the molecule is COC(=O)c1ccc(C=Cc2cc(C(=O)O)c3ccccc3n2)o1. The van der Waals surface area contributed by atoms with E-state index < -0.39 is 11.9 Å². The maximum absolute atomic E-state index is 11.4. The molecule has 0 spiro atoms. The summed E-state index contributed by atoms with van der Waals surface area (Å²) in [5.41, 5.74) is 1.24. The van der Waals surface area contributed by atoms with Crippen LogP contribution in [0.1, 0.15) is 32.4 Å². The first-order valence-corrected chi connectivity index (χ1v) is 7.08. The van der Waals surface area contributed by atoms with Crippen LogP contribution in [-0.4, -0.2) is 29.1 Å². The second-order valence-electron chi connectivity index (χ2n) is 4.94. The van der Waals surface area contributed by atoms with Gasteiger partial charge in [0.15, 0.2) is 0 Å².